The van der Waals surface area contributed by atoms with Crippen LogP contribution in [0.1, 0.15) is 65.7 Å². The van der Waals surface area contributed by atoms with Gasteiger partial charge in [0.2, 0.25) is 5.91 Å². The largest absolute Gasteiger partial charge is 0.341 e. The van der Waals surface area contributed by atoms with Crippen LogP contribution in [0.25, 0.3) is 0 Å². The van der Waals surface area contributed by atoms with E-state index in [0.29, 0.717) is 0 Å². The zero-order valence-corrected chi connectivity index (χ0v) is 13.1. The highest BCUT2D eigenvalue weighted by Crippen LogP contribution is 2.05. The minimum atomic E-state index is -0.307. The van der Waals surface area contributed by atoms with Crippen LogP contribution < -0.4 is 5.73 Å². The summed E-state index contributed by atoms with van der Waals surface area (Å²) in [6, 6.07) is -0.307. The van der Waals surface area contributed by atoms with Crippen LogP contribution in [0.3, 0.4) is 0 Å². The molecule has 3 nitrogen and oxygen atoms in total. The Morgan fingerprint density at radius 2 is 1.44 bits per heavy atom. The van der Waals surface area contributed by atoms with Crippen LogP contribution in [0.15, 0.2) is 0 Å². The van der Waals surface area contributed by atoms with Crippen molar-refractivity contribution in [3.63, 3.8) is 0 Å². The zero-order valence-electron chi connectivity index (χ0n) is 12.3. The van der Waals surface area contributed by atoms with Gasteiger partial charge in [-0.15, -0.1) is 12.4 Å². The molecule has 4 heteroatoms. The standard InChI is InChI=1S/C14H30N2O.ClH/c1-4-7-9-11-16(12-10-8-5-2)14(17)13(15)6-3;/h13H,4-12,15H2,1-3H3;1H/t13-;/m0./s1. The molecule has 0 aromatic carbocycles. The number of halogens is 1. The fraction of sp³-hybridized carbons (Fsp3) is 0.929. The maximum Gasteiger partial charge on any atom is 0.239 e. The fourth-order valence-corrected chi connectivity index (χ4v) is 1.85. The lowest BCUT2D eigenvalue weighted by Crippen LogP contribution is -2.44. The van der Waals surface area contributed by atoms with Crippen molar-refractivity contribution in [1.29, 1.82) is 0 Å². The molecule has 0 spiro atoms. The predicted molar refractivity (Wildman–Crippen MR) is 81.1 cm³/mol. The van der Waals surface area contributed by atoms with E-state index in [1.54, 1.807) is 0 Å². The molecule has 2 N–H and O–H groups in total. The topological polar surface area (TPSA) is 46.3 Å². The van der Waals surface area contributed by atoms with Gasteiger partial charge in [-0.05, 0) is 19.3 Å². The summed E-state index contributed by atoms with van der Waals surface area (Å²) in [7, 11) is 0. The number of unbranched alkanes of at least 4 members (excludes halogenated alkanes) is 4. The number of carbonyl (C=O) groups is 1. The molecule has 0 aliphatic rings. The highest BCUT2D eigenvalue weighted by atomic mass is 35.5. The molecule has 0 radical (unpaired) electrons. The summed E-state index contributed by atoms with van der Waals surface area (Å²) in [5.41, 5.74) is 5.83. The molecule has 110 valence electrons. The van der Waals surface area contributed by atoms with Crippen LogP contribution >= 0.6 is 12.4 Å². The molecule has 0 aromatic heterocycles. The van der Waals surface area contributed by atoms with Gasteiger partial charge in [-0.3, -0.25) is 4.79 Å². The van der Waals surface area contributed by atoms with Crippen molar-refractivity contribution in [1.82, 2.24) is 4.90 Å². The molecule has 0 bridgehead atoms. The molecule has 0 aromatic rings. The van der Waals surface area contributed by atoms with Gasteiger partial charge in [0.05, 0.1) is 6.04 Å². The summed E-state index contributed by atoms with van der Waals surface area (Å²) in [5.74, 6) is 0.139. The minimum absolute atomic E-state index is 0. The zero-order chi connectivity index (χ0) is 13.1. The molecule has 0 unspecified atom stereocenters. The van der Waals surface area contributed by atoms with Crippen LogP contribution in [0.5, 0.6) is 0 Å². The summed E-state index contributed by atoms with van der Waals surface area (Å²) in [4.78, 5) is 14.0. The van der Waals surface area contributed by atoms with Crippen LogP contribution in [0.2, 0.25) is 0 Å². The van der Waals surface area contributed by atoms with Gasteiger partial charge in [0, 0.05) is 13.1 Å². The number of nitrogens with two attached hydrogens (primary N) is 1. The summed E-state index contributed by atoms with van der Waals surface area (Å²) < 4.78 is 0. The number of amides is 1. The summed E-state index contributed by atoms with van der Waals surface area (Å²) in [6.07, 6.45) is 7.71. The molecule has 1 amide bonds. The summed E-state index contributed by atoms with van der Waals surface area (Å²) >= 11 is 0. The third kappa shape index (κ3) is 8.76. The van der Waals surface area contributed by atoms with Crippen LogP contribution in [0, 0.1) is 0 Å². The molecule has 0 aliphatic carbocycles. The number of nitrogens with zero attached hydrogens (tertiary/aromatic N) is 1. The average molecular weight is 279 g/mol. The van der Waals surface area contributed by atoms with Gasteiger partial charge < -0.3 is 10.6 Å². The Hall–Kier alpha value is -0.280. The van der Waals surface area contributed by atoms with Crippen molar-refractivity contribution in [2.75, 3.05) is 13.1 Å². The van der Waals surface area contributed by atoms with E-state index in [2.05, 4.69) is 13.8 Å². The number of carbonyl (C=O) groups excluding carboxylic acids is 1. The minimum Gasteiger partial charge on any atom is -0.341 e. The summed E-state index contributed by atoms with van der Waals surface area (Å²) in [5, 5.41) is 0. The number of hydrogen-bond acceptors (Lipinski definition) is 2. The molecular formula is C14H31ClN2O. The van der Waals surface area contributed by atoms with E-state index < -0.39 is 0 Å². The third-order valence-corrected chi connectivity index (χ3v) is 3.13. The maximum absolute atomic E-state index is 12.1. The molecule has 1 atom stereocenters. The number of hydrogen-bond donors (Lipinski definition) is 1. The first-order chi connectivity index (χ1) is 8.17. The molecular weight excluding hydrogens is 248 g/mol. The Morgan fingerprint density at radius 1 is 1.00 bits per heavy atom. The first-order valence-corrected chi connectivity index (χ1v) is 7.21. The van der Waals surface area contributed by atoms with Gasteiger partial charge in [-0.1, -0.05) is 46.5 Å². The highest BCUT2D eigenvalue weighted by Gasteiger charge is 2.18. The van der Waals surface area contributed by atoms with Crippen LogP contribution in [-0.2, 0) is 4.79 Å². The van der Waals surface area contributed by atoms with Crippen LogP contribution in [0.4, 0.5) is 0 Å². The van der Waals surface area contributed by atoms with Crippen molar-refractivity contribution >= 4 is 18.3 Å². The van der Waals surface area contributed by atoms with Crippen molar-refractivity contribution in [3.05, 3.63) is 0 Å². The fourth-order valence-electron chi connectivity index (χ4n) is 1.85. The maximum atomic E-state index is 12.1. The Kier molecular flexibility index (Phi) is 14.7. The Balaban J connectivity index is 0. The average Bonchev–Trinajstić information content (AvgIpc) is 2.35. The van der Waals surface area contributed by atoms with Gasteiger partial charge in [-0.2, -0.15) is 0 Å². The predicted octanol–water partition coefficient (Wildman–Crippen LogP) is 3.35. The Morgan fingerprint density at radius 3 is 1.78 bits per heavy atom. The first-order valence-electron chi connectivity index (χ1n) is 7.21. The normalized spacial score (nSPS) is 11.8. The van der Waals surface area contributed by atoms with E-state index in [9.17, 15) is 4.79 Å². The second kappa shape index (κ2) is 13.2. The number of rotatable bonds is 10. The highest BCUT2D eigenvalue weighted by molar-refractivity contribution is 5.85. The Labute approximate surface area is 119 Å². The van der Waals surface area contributed by atoms with E-state index >= 15 is 0 Å². The van der Waals surface area contributed by atoms with Crippen molar-refractivity contribution in [2.24, 2.45) is 5.73 Å². The Bertz CT molecular complexity index is 190. The van der Waals surface area contributed by atoms with E-state index in [1.165, 1.54) is 25.7 Å². The van der Waals surface area contributed by atoms with Crippen molar-refractivity contribution in [3.8, 4) is 0 Å². The second-order valence-electron chi connectivity index (χ2n) is 4.75. The molecule has 0 aliphatic heterocycles. The quantitative estimate of drug-likeness (QED) is 0.623. The lowest BCUT2D eigenvalue weighted by atomic mass is 10.1. The molecule has 0 fully saturated rings. The molecule has 0 saturated heterocycles. The SMILES string of the molecule is CCCCCN(CCCCC)C(=O)[C@@H](N)CC.Cl. The van der Waals surface area contributed by atoms with Crippen molar-refractivity contribution < 1.29 is 4.79 Å². The van der Waals surface area contributed by atoms with E-state index in [0.717, 1.165) is 32.4 Å². The lowest BCUT2D eigenvalue weighted by Gasteiger charge is -2.25. The van der Waals surface area contributed by atoms with E-state index in [1.807, 2.05) is 11.8 Å². The van der Waals surface area contributed by atoms with Crippen LogP contribution in [-0.4, -0.2) is 29.9 Å². The van der Waals surface area contributed by atoms with Gasteiger partial charge in [0.15, 0.2) is 0 Å². The van der Waals surface area contributed by atoms with Gasteiger partial charge in [0.25, 0.3) is 0 Å². The van der Waals surface area contributed by atoms with Crippen molar-refractivity contribution in [2.45, 2.75) is 71.8 Å². The summed E-state index contributed by atoms with van der Waals surface area (Å²) in [6.45, 7) is 8.09. The second-order valence-corrected chi connectivity index (χ2v) is 4.75. The van der Waals surface area contributed by atoms with E-state index in [4.69, 9.17) is 5.73 Å². The first kappa shape index (κ1) is 20.0. The van der Waals surface area contributed by atoms with Gasteiger partial charge in [-0.25, -0.2) is 0 Å². The molecule has 0 rings (SSSR count). The molecule has 18 heavy (non-hydrogen) atoms. The lowest BCUT2D eigenvalue weighted by molar-refractivity contribution is -0.132. The van der Waals surface area contributed by atoms with Gasteiger partial charge >= 0.3 is 0 Å². The third-order valence-electron chi connectivity index (χ3n) is 3.13. The molecule has 0 saturated carbocycles. The smallest absolute Gasteiger partial charge is 0.239 e. The molecule has 0 heterocycles. The monoisotopic (exact) mass is 278 g/mol. The van der Waals surface area contributed by atoms with Gasteiger partial charge in [0.1, 0.15) is 0 Å². The van der Waals surface area contributed by atoms with E-state index in [-0.39, 0.29) is 24.4 Å².